The van der Waals surface area contributed by atoms with Gasteiger partial charge in [0.1, 0.15) is 18.0 Å². The van der Waals surface area contributed by atoms with Crippen LogP contribution in [0.3, 0.4) is 0 Å². The molecule has 31 heavy (non-hydrogen) atoms. The van der Waals surface area contributed by atoms with Gasteiger partial charge in [-0.2, -0.15) is 5.10 Å². The van der Waals surface area contributed by atoms with Crippen LogP contribution in [0, 0.1) is 5.82 Å². The van der Waals surface area contributed by atoms with E-state index < -0.39 is 0 Å². The number of anilines is 1. The fourth-order valence-corrected chi connectivity index (χ4v) is 4.17. The molecule has 2 aliphatic heterocycles. The highest BCUT2D eigenvalue weighted by molar-refractivity contribution is 14.0. The standard InChI is InChI=1S/C21H31FN8.HI/c1-23-21(27-17-7-8-20-25-16-26-30(20)15-17)24-9-4-10-28-11-13-29(14-12-28)19-6-3-2-5-18(19)22;/h2-3,5-6,16-17H,4,7-15H2,1H3,(H2,23,24,27);1H. The molecular formula is C21H32FIN8. The van der Waals surface area contributed by atoms with Crippen LogP contribution in [0.1, 0.15) is 18.7 Å². The predicted octanol–water partition coefficient (Wildman–Crippen LogP) is 1.73. The second-order valence-electron chi connectivity index (χ2n) is 7.87. The van der Waals surface area contributed by atoms with E-state index in [1.54, 1.807) is 19.4 Å². The molecule has 1 fully saturated rings. The van der Waals surface area contributed by atoms with Gasteiger partial charge >= 0.3 is 0 Å². The summed E-state index contributed by atoms with van der Waals surface area (Å²) in [6.07, 6.45) is 4.64. The second-order valence-corrected chi connectivity index (χ2v) is 7.87. The lowest BCUT2D eigenvalue weighted by Gasteiger charge is -2.36. The summed E-state index contributed by atoms with van der Waals surface area (Å²) < 4.78 is 15.9. The van der Waals surface area contributed by atoms with Crippen LogP contribution < -0.4 is 15.5 Å². The number of aliphatic imine (C=N–C) groups is 1. The Morgan fingerprint density at radius 2 is 2.03 bits per heavy atom. The van der Waals surface area contributed by atoms with Crippen molar-refractivity contribution in [2.45, 2.75) is 31.8 Å². The largest absolute Gasteiger partial charge is 0.367 e. The Morgan fingerprint density at radius 1 is 1.23 bits per heavy atom. The summed E-state index contributed by atoms with van der Waals surface area (Å²) in [7, 11) is 1.81. The number of fused-ring (bicyclic) bond motifs is 1. The topological polar surface area (TPSA) is 73.6 Å². The first-order chi connectivity index (χ1) is 14.7. The van der Waals surface area contributed by atoms with Crippen molar-refractivity contribution in [1.29, 1.82) is 0 Å². The molecule has 4 rings (SSSR count). The normalized spacial score (nSPS) is 19.5. The Balaban J connectivity index is 0.00000272. The van der Waals surface area contributed by atoms with Crippen molar-refractivity contribution in [2.24, 2.45) is 4.99 Å². The van der Waals surface area contributed by atoms with Gasteiger partial charge in [-0.1, -0.05) is 12.1 Å². The minimum Gasteiger partial charge on any atom is -0.367 e. The smallest absolute Gasteiger partial charge is 0.191 e. The average molecular weight is 542 g/mol. The van der Waals surface area contributed by atoms with Crippen molar-refractivity contribution in [3.63, 3.8) is 0 Å². The molecule has 1 atom stereocenters. The number of hydrogen-bond acceptors (Lipinski definition) is 5. The molecule has 10 heteroatoms. The summed E-state index contributed by atoms with van der Waals surface area (Å²) in [5.41, 5.74) is 0.717. The Labute approximate surface area is 200 Å². The summed E-state index contributed by atoms with van der Waals surface area (Å²) in [6.45, 7) is 6.37. The van der Waals surface area contributed by atoms with Gasteiger partial charge in [0.15, 0.2) is 5.96 Å². The number of aryl methyl sites for hydroxylation is 1. The summed E-state index contributed by atoms with van der Waals surface area (Å²) in [5, 5.41) is 11.2. The molecule has 8 nitrogen and oxygen atoms in total. The minimum absolute atomic E-state index is 0. The van der Waals surface area contributed by atoms with Crippen LogP contribution in [-0.4, -0.2) is 78.0 Å². The monoisotopic (exact) mass is 542 g/mol. The van der Waals surface area contributed by atoms with Crippen molar-refractivity contribution >= 4 is 35.6 Å². The van der Waals surface area contributed by atoms with Crippen LogP contribution in [0.15, 0.2) is 35.6 Å². The number of para-hydroxylation sites is 1. The third-order valence-corrected chi connectivity index (χ3v) is 5.88. The number of nitrogens with one attached hydrogen (secondary N) is 2. The highest BCUT2D eigenvalue weighted by atomic mass is 127. The molecule has 1 aromatic carbocycles. The van der Waals surface area contributed by atoms with Gasteiger partial charge in [0.05, 0.1) is 12.2 Å². The molecule has 1 unspecified atom stereocenters. The van der Waals surface area contributed by atoms with Crippen molar-refractivity contribution in [2.75, 3.05) is 51.2 Å². The SMILES string of the molecule is CN=C(NCCCN1CCN(c2ccccc2F)CC1)NC1CCc2ncnn2C1.I. The lowest BCUT2D eigenvalue weighted by molar-refractivity contribution is 0.254. The van der Waals surface area contributed by atoms with Crippen LogP contribution >= 0.6 is 24.0 Å². The Morgan fingerprint density at radius 3 is 2.81 bits per heavy atom. The maximum absolute atomic E-state index is 14.0. The maximum atomic E-state index is 14.0. The number of benzene rings is 1. The zero-order valence-corrected chi connectivity index (χ0v) is 20.3. The molecule has 0 saturated carbocycles. The number of guanidine groups is 1. The van der Waals surface area contributed by atoms with Gasteiger partial charge in [-0.25, -0.2) is 14.1 Å². The molecule has 3 heterocycles. The van der Waals surface area contributed by atoms with E-state index in [9.17, 15) is 4.39 Å². The molecule has 1 aromatic heterocycles. The highest BCUT2D eigenvalue weighted by Crippen LogP contribution is 2.20. The zero-order chi connectivity index (χ0) is 20.8. The Bertz CT molecular complexity index is 849. The fourth-order valence-electron chi connectivity index (χ4n) is 4.17. The van der Waals surface area contributed by atoms with Crippen molar-refractivity contribution in [1.82, 2.24) is 30.3 Å². The first-order valence-corrected chi connectivity index (χ1v) is 10.8. The summed E-state index contributed by atoms with van der Waals surface area (Å²) in [6, 6.07) is 7.35. The van der Waals surface area contributed by atoms with E-state index in [4.69, 9.17) is 0 Å². The molecule has 1 saturated heterocycles. The summed E-state index contributed by atoms with van der Waals surface area (Å²) >= 11 is 0. The molecule has 0 amide bonds. The van der Waals surface area contributed by atoms with Crippen LogP contribution in [0.4, 0.5) is 10.1 Å². The van der Waals surface area contributed by atoms with Crippen LogP contribution in [0.2, 0.25) is 0 Å². The number of hydrogen-bond donors (Lipinski definition) is 2. The van der Waals surface area contributed by atoms with E-state index in [0.29, 0.717) is 6.04 Å². The zero-order valence-electron chi connectivity index (χ0n) is 18.0. The Kier molecular flexibility index (Phi) is 8.88. The van der Waals surface area contributed by atoms with Gasteiger partial charge in [-0.3, -0.25) is 9.89 Å². The number of piperazine rings is 1. The third-order valence-electron chi connectivity index (χ3n) is 5.88. The maximum Gasteiger partial charge on any atom is 0.191 e. The van der Waals surface area contributed by atoms with Crippen LogP contribution in [0.5, 0.6) is 0 Å². The summed E-state index contributed by atoms with van der Waals surface area (Å²) in [4.78, 5) is 13.2. The molecule has 170 valence electrons. The fraction of sp³-hybridized carbons (Fsp3) is 0.571. The van der Waals surface area contributed by atoms with Crippen LogP contribution in [-0.2, 0) is 13.0 Å². The minimum atomic E-state index is -0.132. The number of nitrogens with zero attached hydrogens (tertiary/aromatic N) is 6. The van der Waals surface area contributed by atoms with Crippen LogP contribution in [0.25, 0.3) is 0 Å². The molecule has 0 spiro atoms. The van der Waals surface area contributed by atoms with E-state index in [2.05, 4.69) is 35.5 Å². The molecule has 0 radical (unpaired) electrons. The van der Waals surface area contributed by atoms with Gasteiger partial charge in [-0.05, 0) is 31.5 Å². The van der Waals surface area contributed by atoms with Gasteiger partial charge in [0.25, 0.3) is 0 Å². The van der Waals surface area contributed by atoms with Crippen molar-refractivity contribution in [3.8, 4) is 0 Å². The lowest BCUT2D eigenvalue weighted by atomic mass is 10.1. The van der Waals surface area contributed by atoms with E-state index in [1.807, 2.05) is 16.8 Å². The molecule has 2 aliphatic rings. The van der Waals surface area contributed by atoms with Crippen molar-refractivity contribution in [3.05, 3.63) is 42.2 Å². The van der Waals surface area contributed by atoms with E-state index >= 15 is 0 Å². The first-order valence-electron chi connectivity index (χ1n) is 10.8. The highest BCUT2D eigenvalue weighted by Gasteiger charge is 2.21. The molecule has 2 aromatic rings. The van der Waals surface area contributed by atoms with Crippen molar-refractivity contribution < 1.29 is 4.39 Å². The van der Waals surface area contributed by atoms with E-state index in [0.717, 1.165) is 82.5 Å². The van der Waals surface area contributed by atoms with Gasteiger partial charge in [0.2, 0.25) is 0 Å². The average Bonchev–Trinajstić information content (AvgIpc) is 3.24. The number of halogens is 2. The molecule has 0 bridgehead atoms. The third kappa shape index (κ3) is 6.28. The number of rotatable bonds is 6. The van der Waals surface area contributed by atoms with E-state index in [-0.39, 0.29) is 29.8 Å². The lowest BCUT2D eigenvalue weighted by Crippen LogP contribution is -2.48. The Hall–Kier alpha value is -1.95. The molecular weight excluding hydrogens is 510 g/mol. The summed E-state index contributed by atoms with van der Waals surface area (Å²) in [5.74, 6) is 1.77. The second kappa shape index (κ2) is 11.6. The predicted molar refractivity (Wildman–Crippen MR) is 132 cm³/mol. The van der Waals surface area contributed by atoms with Gasteiger partial charge in [0, 0.05) is 52.2 Å². The molecule has 2 N–H and O–H groups in total. The first kappa shape index (κ1) is 23.7. The van der Waals surface area contributed by atoms with E-state index in [1.165, 1.54) is 6.07 Å². The molecule has 0 aliphatic carbocycles. The van der Waals surface area contributed by atoms with Gasteiger partial charge in [-0.15, -0.1) is 24.0 Å². The number of aromatic nitrogens is 3. The van der Waals surface area contributed by atoms with Gasteiger partial charge < -0.3 is 15.5 Å². The quantitative estimate of drug-likeness (QED) is 0.251.